The molecule has 0 aliphatic carbocycles. The number of primary amides is 1. The van der Waals surface area contributed by atoms with Crippen molar-refractivity contribution < 1.29 is 9.90 Å². The normalized spacial score (nSPS) is 11.9. The molecule has 0 heterocycles. The van der Waals surface area contributed by atoms with Crippen molar-refractivity contribution in [3.8, 4) is 0 Å². The maximum Gasteiger partial charge on any atom is 0.332 e. The van der Waals surface area contributed by atoms with Crippen LogP contribution in [-0.4, -0.2) is 23.0 Å². The Bertz CT molecular complexity index is 147. The molecule has 5 heteroatoms. The maximum atomic E-state index is 10.0. The molecule has 0 aromatic carbocycles. The minimum absolute atomic E-state index is 0.750. The van der Waals surface area contributed by atoms with Crippen molar-refractivity contribution in [1.29, 1.82) is 0 Å². The Balaban J connectivity index is 3.67. The molecule has 0 aromatic rings. The topological polar surface area (TPSA) is 87.7 Å². The van der Waals surface area contributed by atoms with Gasteiger partial charge in [-0.2, -0.15) is 5.10 Å². The van der Waals surface area contributed by atoms with Crippen molar-refractivity contribution in [3.05, 3.63) is 0 Å². The fourth-order valence-electron chi connectivity index (χ4n) is 0.254. The van der Waals surface area contributed by atoms with Gasteiger partial charge in [-0.15, -0.1) is 0 Å². The molecule has 0 rings (SSSR count). The van der Waals surface area contributed by atoms with Gasteiger partial charge in [0.2, 0.25) is 0 Å². The smallest absolute Gasteiger partial charge is 0.332 e. The SMILES string of the molecule is CC(C)(O)/C=N/NC(N)=O. The van der Waals surface area contributed by atoms with Gasteiger partial charge < -0.3 is 10.8 Å². The molecule has 0 fully saturated rings. The van der Waals surface area contributed by atoms with Gasteiger partial charge in [-0.3, -0.25) is 0 Å². The summed E-state index contributed by atoms with van der Waals surface area (Å²) in [4.78, 5) is 10.0. The van der Waals surface area contributed by atoms with Crippen LogP contribution in [0.1, 0.15) is 13.8 Å². The van der Waals surface area contributed by atoms with E-state index in [9.17, 15) is 4.79 Å². The first kappa shape index (κ1) is 8.90. The largest absolute Gasteiger partial charge is 0.385 e. The summed E-state index contributed by atoms with van der Waals surface area (Å²) in [6, 6.07) is -0.750. The predicted molar refractivity (Wildman–Crippen MR) is 37.5 cm³/mol. The van der Waals surface area contributed by atoms with Crippen molar-refractivity contribution >= 4 is 12.2 Å². The number of nitrogens with zero attached hydrogens (tertiary/aromatic N) is 1. The third kappa shape index (κ3) is 6.90. The van der Waals surface area contributed by atoms with Gasteiger partial charge in [0.1, 0.15) is 0 Å². The van der Waals surface area contributed by atoms with Crippen LogP contribution in [0.5, 0.6) is 0 Å². The number of amides is 2. The first-order chi connectivity index (χ1) is 4.42. The maximum absolute atomic E-state index is 10.0. The molecule has 5 nitrogen and oxygen atoms in total. The number of carbonyl (C=O) groups excluding carboxylic acids is 1. The second kappa shape index (κ2) is 3.17. The van der Waals surface area contributed by atoms with Gasteiger partial charge in [-0.05, 0) is 13.8 Å². The molecule has 0 radical (unpaired) electrons. The zero-order valence-corrected chi connectivity index (χ0v) is 5.96. The van der Waals surface area contributed by atoms with E-state index >= 15 is 0 Å². The van der Waals surface area contributed by atoms with E-state index in [4.69, 9.17) is 5.11 Å². The fourth-order valence-corrected chi connectivity index (χ4v) is 0.254. The van der Waals surface area contributed by atoms with Crippen molar-refractivity contribution in [2.75, 3.05) is 0 Å². The number of nitrogens with one attached hydrogen (secondary N) is 1. The highest BCUT2D eigenvalue weighted by atomic mass is 16.3. The van der Waals surface area contributed by atoms with Gasteiger partial charge in [-0.25, -0.2) is 10.2 Å². The molecule has 0 saturated heterocycles. The van der Waals surface area contributed by atoms with Gasteiger partial charge in [0, 0.05) is 0 Å². The summed E-state index contributed by atoms with van der Waals surface area (Å²) in [5, 5.41) is 12.3. The van der Waals surface area contributed by atoms with E-state index in [-0.39, 0.29) is 0 Å². The Kier molecular flexibility index (Phi) is 2.82. The second-order valence-corrected chi connectivity index (χ2v) is 2.39. The third-order valence-electron chi connectivity index (χ3n) is 0.555. The molecule has 2 amide bonds. The lowest BCUT2D eigenvalue weighted by molar-refractivity contribution is 0.159. The zero-order valence-electron chi connectivity index (χ0n) is 5.96. The van der Waals surface area contributed by atoms with E-state index in [0.29, 0.717) is 0 Å². The Hall–Kier alpha value is -1.10. The molecule has 0 spiro atoms. The molecular weight excluding hydrogens is 134 g/mol. The molecular formula is C5H11N3O2. The standard InChI is InChI=1S/C5H11N3O2/c1-5(2,10)3-7-8-4(6)9/h3,10H,1-2H3,(H3,6,8,9)/b7-3+. The fraction of sp³-hybridized carbons (Fsp3) is 0.600. The highest BCUT2D eigenvalue weighted by molar-refractivity contribution is 5.74. The number of hydrogen-bond donors (Lipinski definition) is 3. The Morgan fingerprint density at radius 1 is 1.80 bits per heavy atom. The lowest BCUT2D eigenvalue weighted by Crippen LogP contribution is -2.28. The van der Waals surface area contributed by atoms with E-state index in [2.05, 4.69) is 10.8 Å². The first-order valence-electron chi connectivity index (χ1n) is 2.74. The van der Waals surface area contributed by atoms with Crippen LogP contribution in [0.25, 0.3) is 0 Å². The summed E-state index contributed by atoms with van der Waals surface area (Å²) in [5.41, 5.74) is 5.60. The Morgan fingerprint density at radius 2 is 2.30 bits per heavy atom. The van der Waals surface area contributed by atoms with Gasteiger partial charge in [-0.1, -0.05) is 0 Å². The lowest BCUT2D eigenvalue weighted by Gasteiger charge is -2.07. The van der Waals surface area contributed by atoms with E-state index in [1.807, 2.05) is 5.43 Å². The van der Waals surface area contributed by atoms with E-state index in [1.165, 1.54) is 20.1 Å². The number of hydrogen-bond acceptors (Lipinski definition) is 3. The average Bonchev–Trinajstić information content (AvgIpc) is 1.59. The highest BCUT2D eigenvalue weighted by Crippen LogP contribution is 1.93. The molecule has 0 unspecified atom stereocenters. The molecule has 10 heavy (non-hydrogen) atoms. The number of hydrazone groups is 1. The van der Waals surface area contributed by atoms with Crippen LogP contribution in [0.15, 0.2) is 5.10 Å². The number of nitrogens with two attached hydrogens (primary N) is 1. The first-order valence-corrected chi connectivity index (χ1v) is 2.74. The van der Waals surface area contributed by atoms with Crippen LogP contribution >= 0.6 is 0 Å². The van der Waals surface area contributed by atoms with Gasteiger partial charge >= 0.3 is 6.03 Å². The quantitative estimate of drug-likeness (QED) is 0.358. The van der Waals surface area contributed by atoms with Crippen LogP contribution < -0.4 is 11.2 Å². The van der Waals surface area contributed by atoms with Gasteiger partial charge in [0.05, 0.1) is 11.8 Å². The van der Waals surface area contributed by atoms with Crippen LogP contribution in [0, 0.1) is 0 Å². The van der Waals surface area contributed by atoms with Crippen LogP contribution in [0.4, 0.5) is 4.79 Å². The Morgan fingerprint density at radius 3 is 2.60 bits per heavy atom. The molecule has 0 saturated carbocycles. The van der Waals surface area contributed by atoms with Gasteiger partial charge in [0.25, 0.3) is 0 Å². The van der Waals surface area contributed by atoms with E-state index < -0.39 is 11.6 Å². The van der Waals surface area contributed by atoms with E-state index in [1.54, 1.807) is 0 Å². The molecule has 0 aliphatic heterocycles. The molecule has 0 aromatic heterocycles. The van der Waals surface area contributed by atoms with Crippen molar-refractivity contribution in [2.45, 2.75) is 19.4 Å². The summed E-state index contributed by atoms with van der Waals surface area (Å²) < 4.78 is 0. The molecule has 4 N–H and O–H groups in total. The van der Waals surface area contributed by atoms with Crippen LogP contribution in [-0.2, 0) is 0 Å². The molecule has 0 bridgehead atoms. The summed E-state index contributed by atoms with van der Waals surface area (Å²) in [6.07, 6.45) is 1.18. The molecule has 0 atom stereocenters. The average molecular weight is 145 g/mol. The summed E-state index contributed by atoms with van der Waals surface area (Å²) in [6.45, 7) is 3.05. The van der Waals surface area contributed by atoms with Crippen molar-refractivity contribution in [1.82, 2.24) is 5.43 Å². The van der Waals surface area contributed by atoms with Gasteiger partial charge in [0.15, 0.2) is 0 Å². The monoisotopic (exact) mass is 145 g/mol. The minimum Gasteiger partial charge on any atom is -0.385 e. The lowest BCUT2D eigenvalue weighted by atomic mass is 10.2. The summed E-state index contributed by atoms with van der Waals surface area (Å²) in [5.74, 6) is 0. The number of rotatable bonds is 2. The van der Waals surface area contributed by atoms with Crippen LogP contribution in [0.3, 0.4) is 0 Å². The molecule has 0 aliphatic rings. The van der Waals surface area contributed by atoms with Crippen LogP contribution in [0.2, 0.25) is 0 Å². The van der Waals surface area contributed by atoms with E-state index in [0.717, 1.165) is 0 Å². The van der Waals surface area contributed by atoms with Crippen molar-refractivity contribution in [2.24, 2.45) is 10.8 Å². The predicted octanol–water partition coefficient (Wildman–Crippen LogP) is -0.589. The number of urea groups is 1. The minimum atomic E-state index is -1.03. The molecule has 58 valence electrons. The number of aliphatic hydroxyl groups is 1. The third-order valence-corrected chi connectivity index (χ3v) is 0.555. The second-order valence-electron chi connectivity index (χ2n) is 2.39. The summed E-state index contributed by atoms with van der Waals surface area (Å²) >= 11 is 0. The summed E-state index contributed by atoms with van der Waals surface area (Å²) in [7, 11) is 0. The van der Waals surface area contributed by atoms with Crippen molar-refractivity contribution in [3.63, 3.8) is 0 Å². The Labute approximate surface area is 58.9 Å². The highest BCUT2D eigenvalue weighted by Gasteiger charge is 2.06. The number of carbonyl (C=O) groups is 1. The zero-order chi connectivity index (χ0) is 8.20.